The molecule has 0 radical (unpaired) electrons. The number of tetrazole rings is 1. The van der Waals surface area contributed by atoms with Crippen LogP contribution in [0.5, 0.6) is 0 Å². The molecular formula is C17H16BrN5OS. The Balaban J connectivity index is 1.62. The van der Waals surface area contributed by atoms with Gasteiger partial charge in [-0.15, -0.1) is 26.3 Å². The number of hydrogen-bond donors (Lipinski definition) is 0. The van der Waals surface area contributed by atoms with E-state index in [0.29, 0.717) is 5.82 Å². The average Bonchev–Trinajstić information content (AvgIpc) is 3.33. The Hall–Kier alpha value is -2.06. The molecule has 3 heterocycles. The second-order valence-corrected chi connectivity index (χ2v) is 7.77. The molecule has 3 aromatic rings. The second-order valence-electron chi connectivity index (χ2n) is 5.90. The number of carbonyl (C=O) groups is 1. The molecule has 0 saturated carbocycles. The van der Waals surface area contributed by atoms with Crippen molar-refractivity contribution in [2.24, 2.45) is 0 Å². The van der Waals surface area contributed by atoms with Crippen LogP contribution in [0.3, 0.4) is 0 Å². The summed E-state index contributed by atoms with van der Waals surface area (Å²) in [5.41, 5.74) is 0.833. The number of aromatic nitrogens is 4. The Morgan fingerprint density at radius 2 is 2.16 bits per heavy atom. The minimum absolute atomic E-state index is 0.0542. The maximum Gasteiger partial charge on any atom is 0.264 e. The Morgan fingerprint density at radius 1 is 1.24 bits per heavy atom. The summed E-state index contributed by atoms with van der Waals surface area (Å²) in [7, 11) is 0. The van der Waals surface area contributed by atoms with Gasteiger partial charge in [-0.1, -0.05) is 28.1 Å². The quantitative estimate of drug-likeness (QED) is 0.648. The first-order valence-electron chi connectivity index (χ1n) is 8.13. The molecule has 0 aliphatic carbocycles. The SMILES string of the molecule is O=C(c1cccs1)N1CCCCC1c1nnn(-c2cccc(Br)c2)n1. The van der Waals surface area contributed by atoms with Gasteiger partial charge in [0, 0.05) is 11.0 Å². The van der Waals surface area contributed by atoms with E-state index in [1.54, 1.807) is 0 Å². The topological polar surface area (TPSA) is 63.9 Å². The van der Waals surface area contributed by atoms with Crippen molar-refractivity contribution in [2.45, 2.75) is 25.3 Å². The van der Waals surface area contributed by atoms with E-state index >= 15 is 0 Å². The van der Waals surface area contributed by atoms with E-state index in [-0.39, 0.29) is 11.9 Å². The third-order valence-corrected chi connectivity index (χ3v) is 5.61. The van der Waals surface area contributed by atoms with E-state index in [9.17, 15) is 4.79 Å². The van der Waals surface area contributed by atoms with E-state index in [0.717, 1.165) is 40.8 Å². The molecule has 128 valence electrons. The van der Waals surface area contributed by atoms with Gasteiger partial charge < -0.3 is 4.90 Å². The van der Waals surface area contributed by atoms with Gasteiger partial charge in [-0.05, 0) is 54.1 Å². The molecule has 2 aromatic heterocycles. The summed E-state index contributed by atoms with van der Waals surface area (Å²) in [6.45, 7) is 0.729. The fourth-order valence-electron chi connectivity index (χ4n) is 3.05. The molecule has 4 rings (SSSR count). The van der Waals surface area contributed by atoms with E-state index in [4.69, 9.17) is 0 Å². The summed E-state index contributed by atoms with van der Waals surface area (Å²) in [5.74, 6) is 0.656. The molecule has 1 amide bonds. The van der Waals surface area contributed by atoms with Crippen LogP contribution >= 0.6 is 27.3 Å². The molecule has 1 fully saturated rings. The van der Waals surface area contributed by atoms with Crippen molar-refractivity contribution in [3.63, 3.8) is 0 Å². The van der Waals surface area contributed by atoms with Crippen LogP contribution in [0, 0.1) is 0 Å². The molecule has 0 spiro atoms. The molecule has 1 saturated heterocycles. The van der Waals surface area contributed by atoms with Crippen LogP contribution in [0.15, 0.2) is 46.3 Å². The zero-order valence-corrected chi connectivity index (χ0v) is 15.8. The van der Waals surface area contributed by atoms with Crippen molar-refractivity contribution in [1.82, 2.24) is 25.1 Å². The van der Waals surface area contributed by atoms with Crippen molar-refractivity contribution >= 4 is 33.2 Å². The van der Waals surface area contributed by atoms with Crippen molar-refractivity contribution in [1.29, 1.82) is 0 Å². The Kier molecular flexibility index (Phi) is 4.63. The molecule has 1 unspecified atom stereocenters. The van der Waals surface area contributed by atoms with Gasteiger partial charge in [0.2, 0.25) is 0 Å². The summed E-state index contributed by atoms with van der Waals surface area (Å²) in [6.07, 6.45) is 2.93. The number of likely N-dealkylation sites (tertiary alicyclic amines) is 1. The number of benzene rings is 1. The van der Waals surface area contributed by atoms with E-state index < -0.39 is 0 Å². The largest absolute Gasteiger partial charge is 0.328 e. The summed E-state index contributed by atoms with van der Waals surface area (Å²) >= 11 is 4.92. The maximum absolute atomic E-state index is 12.8. The van der Waals surface area contributed by atoms with E-state index in [1.807, 2.05) is 46.7 Å². The van der Waals surface area contributed by atoms with Crippen LogP contribution < -0.4 is 0 Å². The number of rotatable bonds is 3. The number of carbonyl (C=O) groups excluding carboxylic acids is 1. The van der Waals surface area contributed by atoms with Crippen molar-refractivity contribution in [2.75, 3.05) is 6.54 Å². The highest BCUT2D eigenvalue weighted by Crippen LogP contribution is 2.31. The Bertz CT molecular complexity index is 879. The lowest BCUT2D eigenvalue weighted by atomic mass is 10.0. The third-order valence-electron chi connectivity index (χ3n) is 4.26. The molecular weight excluding hydrogens is 402 g/mol. The standard InChI is InChI=1S/C17H16BrN5OS/c18-12-5-3-6-13(11-12)23-20-16(19-21-23)14-7-1-2-9-22(14)17(24)15-8-4-10-25-15/h3-6,8,10-11,14H,1-2,7,9H2. The molecule has 1 atom stereocenters. The molecule has 1 aliphatic rings. The van der Waals surface area contributed by atoms with Gasteiger partial charge in [-0.25, -0.2) is 0 Å². The number of halogens is 1. The molecule has 0 bridgehead atoms. The van der Waals surface area contributed by atoms with Crippen LogP contribution in [-0.4, -0.2) is 37.6 Å². The van der Waals surface area contributed by atoms with Crippen LogP contribution in [0.4, 0.5) is 0 Å². The predicted octanol–water partition coefficient (Wildman–Crippen LogP) is 3.85. The summed E-state index contributed by atoms with van der Waals surface area (Å²) < 4.78 is 0.955. The highest BCUT2D eigenvalue weighted by Gasteiger charge is 2.32. The lowest BCUT2D eigenvalue weighted by Gasteiger charge is -2.33. The number of piperidine rings is 1. The molecule has 6 nitrogen and oxygen atoms in total. The first-order chi connectivity index (χ1) is 12.2. The van der Waals surface area contributed by atoms with Crippen LogP contribution in [-0.2, 0) is 0 Å². The highest BCUT2D eigenvalue weighted by atomic mass is 79.9. The summed E-state index contributed by atoms with van der Waals surface area (Å²) in [5, 5.41) is 14.9. The molecule has 0 N–H and O–H groups in total. The van der Waals surface area contributed by atoms with Gasteiger partial charge in [-0.2, -0.15) is 0 Å². The maximum atomic E-state index is 12.8. The predicted molar refractivity (Wildman–Crippen MR) is 98.8 cm³/mol. The number of hydrogen-bond acceptors (Lipinski definition) is 5. The number of nitrogens with zero attached hydrogens (tertiary/aromatic N) is 5. The monoisotopic (exact) mass is 417 g/mol. The van der Waals surface area contributed by atoms with Gasteiger partial charge in [0.05, 0.1) is 16.6 Å². The zero-order valence-electron chi connectivity index (χ0n) is 13.4. The molecule has 1 aromatic carbocycles. The number of amides is 1. The van der Waals surface area contributed by atoms with Gasteiger partial charge in [0.1, 0.15) is 0 Å². The normalized spacial score (nSPS) is 17.6. The summed E-state index contributed by atoms with van der Waals surface area (Å²) in [6, 6.07) is 11.4. The van der Waals surface area contributed by atoms with Crippen molar-refractivity contribution in [3.05, 3.63) is 57.0 Å². The fraction of sp³-hybridized carbons (Fsp3) is 0.294. The van der Waals surface area contributed by atoms with Gasteiger partial charge in [-0.3, -0.25) is 4.79 Å². The number of thiophene rings is 1. The van der Waals surface area contributed by atoms with E-state index in [2.05, 4.69) is 31.3 Å². The second kappa shape index (κ2) is 7.05. The first kappa shape index (κ1) is 16.4. The molecule has 8 heteroatoms. The van der Waals surface area contributed by atoms with Gasteiger partial charge >= 0.3 is 0 Å². The van der Waals surface area contributed by atoms with E-state index in [1.165, 1.54) is 16.1 Å². The van der Waals surface area contributed by atoms with Crippen LogP contribution in [0.2, 0.25) is 0 Å². The lowest BCUT2D eigenvalue weighted by Crippen LogP contribution is -2.38. The van der Waals surface area contributed by atoms with Gasteiger partial charge in [0.25, 0.3) is 5.91 Å². The fourth-order valence-corrected chi connectivity index (χ4v) is 4.12. The Morgan fingerprint density at radius 3 is 2.96 bits per heavy atom. The highest BCUT2D eigenvalue weighted by molar-refractivity contribution is 9.10. The zero-order chi connectivity index (χ0) is 17.2. The van der Waals surface area contributed by atoms with Gasteiger partial charge in [0.15, 0.2) is 5.82 Å². The minimum atomic E-state index is -0.121. The first-order valence-corrected chi connectivity index (χ1v) is 9.80. The lowest BCUT2D eigenvalue weighted by molar-refractivity contribution is 0.0605. The van der Waals surface area contributed by atoms with Crippen molar-refractivity contribution < 1.29 is 4.79 Å². The third kappa shape index (κ3) is 3.36. The molecule has 1 aliphatic heterocycles. The Labute approximate surface area is 157 Å². The average molecular weight is 418 g/mol. The van der Waals surface area contributed by atoms with Crippen LogP contribution in [0.25, 0.3) is 5.69 Å². The molecule has 25 heavy (non-hydrogen) atoms. The smallest absolute Gasteiger partial charge is 0.264 e. The minimum Gasteiger partial charge on any atom is -0.328 e. The van der Waals surface area contributed by atoms with Crippen molar-refractivity contribution in [3.8, 4) is 5.69 Å². The summed E-state index contributed by atoms with van der Waals surface area (Å²) in [4.78, 5) is 17.0. The van der Waals surface area contributed by atoms with Crippen LogP contribution in [0.1, 0.15) is 40.8 Å².